The van der Waals surface area contributed by atoms with Crippen LogP contribution < -0.4 is 21.9 Å². The molecule has 0 aliphatic heterocycles. The molecule has 0 spiro atoms. The highest BCUT2D eigenvalue weighted by Gasteiger charge is 2.25. The van der Waals surface area contributed by atoms with Gasteiger partial charge < -0.3 is 10.5 Å². The molecule has 2 aromatic heterocycles. The summed E-state index contributed by atoms with van der Waals surface area (Å²) in [6, 6.07) is 13.4. The van der Waals surface area contributed by atoms with Gasteiger partial charge in [0.2, 0.25) is 0 Å². The number of H-pyrrole nitrogens is 1. The predicted molar refractivity (Wildman–Crippen MR) is 114 cm³/mol. The van der Waals surface area contributed by atoms with Crippen molar-refractivity contribution < 1.29 is 14.3 Å². The molecule has 0 saturated heterocycles. The first-order chi connectivity index (χ1) is 14.9. The highest BCUT2D eigenvalue weighted by atomic mass is 16.5. The number of carbonyl (C=O) groups excluding carboxylic acids is 2. The summed E-state index contributed by atoms with van der Waals surface area (Å²) in [5.41, 5.74) is 5.17. The number of hydrogen-bond acceptors (Lipinski definition) is 7. The third kappa shape index (κ3) is 4.37. The molecule has 0 aliphatic carbocycles. The third-order valence-electron chi connectivity index (χ3n) is 4.59. The SMILES string of the molecule is CCN(C(=O)c1cccc(C(=O)OC)n1)c1c(N)n(Cc2ccccc2)c(=O)[nH]c1=O. The molecule has 3 N–H and O–H groups in total. The standard InChI is InChI=1S/C21H21N5O5/c1-3-25(19(28)14-10-7-11-15(23-14)20(29)31-2)16-17(22)26(21(30)24-18(16)27)12-13-8-5-4-6-9-13/h4-11H,3,12,22H2,1-2H3,(H,24,27,30). The van der Waals surface area contributed by atoms with Crippen molar-refractivity contribution in [2.75, 3.05) is 24.3 Å². The number of pyridine rings is 1. The van der Waals surface area contributed by atoms with E-state index in [1.54, 1.807) is 6.92 Å². The van der Waals surface area contributed by atoms with Crippen molar-refractivity contribution in [3.8, 4) is 0 Å². The normalized spacial score (nSPS) is 10.5. The maximum atomic E-state index is 13.1. The zero-order valence-electron chi connectivity index (χ0n) is 17.0. The number of methoxy groups -OCH3 is 1. The average Bonchev–Trinajstić information content (AvgIpc) is 2.79. The van der Waals surface area contributed by atoms with Crippen LogP contribution in [-0.2, 0) is 11.3 Å². The number of rotatable bonds is 6. The van der Waals surface area contributed by atoms with Crippen LogP contribution in [-0.4, -0.2) is 40.1 Å². The first-order valence-corrected chi connectivity index (χ1v) is 9.41. The molecule has 0 radical (unpaired) electrons. The maximum absolute atomic E-state index is 13.1. The van der Waals surface area contributed by atoms with Crippen LogP contribution in [0.5, 0.6) is 0 Å². The Hall–Kier alpha value is -4.21. The summed E-state index contributed by atoms with van der Waals surface area (Å²) in [5, 5.41) is 0. The minimum Gasteiger partial charge on any atom is -0.464 e. The van der Waals surface area contributed by atoms with Gasteiger partial charge in [0.05, 0.1) is 13.7 Å². The molecular weight excluding hydrogens is 402 g/mol. The number of amides is 1. The lowest BCUT2D eigenvalue weighted by atomic mass is 10.2. The van der Waals surface area contributed by atoms with Gasteiger partial charge in [0, 0.05) is 6.54 Å². The van der Waals surface area contributed by atoms with Crippen molar-refractivity contribution in [3.05, 3.63) is 86.3 Å². The molecule has 1 amide bonds. The molecule has 3 rings (SSSR count). The number of benzene rings is 1. The number of nitrogens with zero attached hydrogens (tertiary/aromatic N) is 3. The molecule has 10 nitrogen and oxygen atoms in total. The largest absolute Gasteiger partial charge is 0.464 e. The fourth-order valence-electron chi connectivity index (χ4n) is 3.07. The van der Waals surface area contributed by atoms with E-state index in [0.717, 1.165) is 10.5 Å². The molecule has 3 aromatic rings. The van der Waals surface area contributed by atoms with Gasteiger partial charge in [-0.1, -0.05) is 36.4 Å². The first-order valence-electron chi connectivity index (χ1n) is 9.41. The van der Waals surface area contributed by atoms with Crippen molar-refractivity contribution in [2.24, 2.45) is 0 Å². The second-order valence-electron chi connectivity index (χ2n) is 6.51. The number of aromatic amines is 1. The van der Waals surface area contributed by atoms with Gasteiger partial charge in [-0.05, 0) is 24.6 Å². The minimum atomic E-state index is -0.800. The summed E-state index contributed by atoms with van der Waals surface area (Å²) in [5.74, 6) is -1.52. The quantitative estimate of drug-likeness (QED) is 0.564. The smallest absolute Gasteiger partial charge is 0.356 e. The van der Waals surface area contributed by atoms with Crippen LogP contribution in [0.15, 0.2) is 58.1 Å². The van der Waals surface area contributed by atoms with Gasteiger partial charge in [0.1, 0.15) is 17.2 Å². The van der Waals surface area contributed by atoms with Gasteiger partial charge in [-0.25, -0.2) is 14.6 Å². The number of nitrogen functional groups attached to an aromatic ring is 1. The van der Waals surface area contributed by atoms with Crippen molar-refractivity contribution in [2.45, 2.75) is 13.5 Å². The van der Waals surface area contributed by atoms with Crippen LogP contribution in [0, 0.1) is 0 Å². The number of anilines is 2. The molecule has 0 bridgehead atoms. The Morgan fingerprint density at radius 3 is 2.42 bits per heavy atom. The van der Waals surface area contributed by atoms with Crippen LogP contribution >= 0.6 is 0 Å². The van der Waals surface area contributed by atoms with E-state index in [-0.39, 0.29) is 36.0 Å². The van der Waals surface area contributed by atoms with Crippen LogP contribution in [0.3, 0.4) is 0 Å². The highest BCUT2D eigenvalue weighted by Crippen LogP contribution is 2.19. The van der Waals surface area contributed by atoms with Crippen molar-refractivity contribution in [3.63, 3.8) is 0 Å². The van der Waals surface area contributed by atoms with E-state index in [4.69, 9.17) is 5.73 Å². The lowest BCUT2D eigenvalue weighted by Gasteiger charge is -2.23. The fourth-order valence-corrected chi connectivity index (χ4v) is 3.07. The Bertz CT molecular complexity index is 1230. The summed E-state index contributed by atoms with van der Waals surface area (Å²) in [7, 11) is 1.20. The van der Waals surface area contributed by atoms with Gasteiger partial charge >= 0.3 is 11.7 Å². The zero-order chi connectivity index (χ0) is 22.5. The Morgan fingerprint density at radius 2 is 1.77 bits per heavy atom. The lowest BCUT2D eigenvalue weighted by Crippen LogP contribution is -2.41. The molecular formula is C21H21N5O5. The molecule has 160 valence electrons. The number of esters is 1. The number of carbonyl (C=O) groups is 2. The van der Waals surface area contributed by atoms with Crippen molar-refractivity contribution >= 4 is 23.4 Å². The van der Waals surface area contributed by atoms with Crippen LogP contribution in [0.25, 0.3) is 0 Å². The van der Waals surface area contributed by atoms with Crippen LogP contribution in [0.1, 0.15) is 33.5 Å². The molecule has 0 atom stereocenters. The van der Waals surface area contributed by atoms with E-state index in [9.17, 15) is 19.2 Å². The molecule has 31 heavy (non-hydrogen) atoms. The summed E-state index contributed by atoms with van der Waals surface area (Å²) in [6.45, 7) is 1.82. The van der Waals surface area contributed by atoms with Gasteiger partial charge in [-0.3, -0.25) is 24.0 Å². The topological polar surface area (TPSA) is 140 Å². The molecule has 1 aromatic carbocycles. The van der Waals surface area contributed by atoms with E-state index in [1.165, 1.54) is 29.9 Å². The van der Waals surface area contributed by atoms with Crippen molar-refractivity contribution in [1.29, 1.82) is 0 Å². The van der Waals surface area contributed by atoms with E-state index < -0.39 is 23.1 Å². The zero-order valence-corrected chi connectivity index (χ0v) is 17.0. The van der Waals surface area contributed by atoms with E-state index >= 15 is 0 Å². The molecule has 0 saturated carbocycles. The maximum Gasteiger partial charge on any atom is 0.356 e. The van der Waals surface area contributed by atoms with E-state index in [0.29, 0.717) is 0 Å². The van der Waals surface area contributed by atoms with E-state index in [1.807, 2.05) is 30.3 Å². The van der Waals surface area contributed by atoms with Gasteiger partial charge in [-0.2, -0.15) is 0 Å². The van der Waals surface area contributed by atoms with Gasteiger partial charge in [-0.15, -0.1) is 0 Å². The Balaban J connectivity index is 2.06. The van der Waals surface area contributed by atoms with Crippen LogP contribution in [0.4, 0.5) is 11.5 Å². The summed E-state index contributed by atoms with van der Waals surface area (Å²) >= 11 is 0. The second-order valence-corrected chi connectivity index (χ2v) is 6.51. The molecule has 2 heterocycles. The number of nitrogens with two attached hydrogens (primary N) is 1. The monoisotopic (exact) mass is 423 g/mol. The van der Waals surface area contributed by atoms with Gasteiger partial charge in [0.15, 0.2) is 5.69 Å². The Kier molecular flexibility index (Phi) is 6.29. The minimum absolute atomic E-state index is 0.0552. The summed E-state index contributed by atoms with van der Waals surface area (Å²) < 4.78 is 5.81. The third-order valence-corrected chi connectivity index (χ3v) is 4.59. The fraction of sp³-hybridized carbons (Fsp3) is 0.190. The lowest BCUT2D eigenvalue weighted by molar-refractivity contribution is 0.0594. The Labute approximate surface area is 176 Å². The van der Waals surface area contributed by atoms with Crippen LogP contribution in [0.2, 0.25) is 0 Å². The van der Waals surface area contributed by atoms with Gasteiger partial charge in [0.25, 0.3) is 11.5 Å². The Morgan fingerprint density at radius 1 is 1.10 bits per heavy atom. The van der Waals surface area contributed by atoms with Crippen molar-refractivity contribution in [1.82, 2.24) is 14.5 Å². The molecule has 0 unspecified atom stereocenters. The predicted octanol–water partition coefficient (Wildman–Crippen LogP) is 1.02. The summed E-state index contributed by atoms with van der Waals surface area (Å²) in [6.07, 6.45) is 0. The first kappa shape index (κ1) is 21.5. The second kappa shape index (κ2) is 9.08. The summed E-state index contributed by atoms with van der Waals surface area (Å²) in [4.78, 5) is 57.2. The highest BCUT2D eigenvalue weighted by molar-refractivity contribution is 6.06. The molecule has 0 fully saturated rings. The number of ether oxygens (including phenoxy) is 1. The molecule has 0 aliphatic rings. The number of hydrogen-bond donors (Lipinski definition) is 2. The molecule has 10 heteroatoms. The average molecular weight is 423 g/mol. The van der Waals surface area contributed by atoms with E-state index in [2.05, 4.69) is 14.7 Å². The number of aromatic nitrogens is 3. The number of nitrogens with one attached hydrogen (secondary N) is 1.